The van der Waals surface area contributed by atoms with Gasteiger partial charge in [0, 0.05) is 0 Å². The molecule has 0 spiro atoms. The van der Waals surface area contributed by atoms with Gasteiger partial charge in [-0.2, -0.15) is 3.21 Å². The Labute approximate surface area is 74.8 Å². The first kappa shape index (κ1) is 8.50. The fourth-order valence-electron chi connectivity index (χ4n) is 0.386. The van der Waals surface area contributed by atoms with Crippen LogP contribution in [0.25, 0.3) is 0 Å². The number of ether oxygens (including phenoxy) is 1. The summed E-state index contributed by atoms with van der Waals surface area (Å²) in [4.78, 5) is 10.9. The number of esters is 1. The van der Waals surface area contributed by atoms with Gasteiger partial charge in [-0.05, 0) is 6.92 Å². The molecule has 58 valence electrons. The summed E-state index contributed by atoms with van der Waals surface area (Å²) in [5.41, 5.74) is 0. The first-order valence-corrected chi connectivity index (χ1v) is 11.0. The van der Waals surface area contributed by atoms with Crippen molar-refractivity contribution in [3.63, 3.8) is 0 Å². The van der Waals surface area contributed by atoms with E-state index in [0.717, 1.165) is 0 Å². The second-order valence-corrected chi connectivity index (χ2v) is 8.36. The van der Waals surface area contributed by atoms with Gasteiger partial charge in [0.15, 0.2) is 0 Å². The van der Waals surface area contributed by atoms with Crippen molar-refractivity contribution in [2.24, 2.45) is 3.21 Å². The molecule has 1 rings (SSSR count). The van der Waals surface area contributed by atoms with Crippen molar-refractivity contribution in [2.45, 2.75) is 6.92 Å². The molecule has 0 atom stereocenters. The molecule has 0 amide bonds. The third kappa shape index (κ3) is 2.22. The van der Waals surface area contributed by atoms with Crippen LogP contribution in [0.15, 0.2) is 3.21 Å². The lowest BCUT2D eigenvalue weighted by atomic mass is 10.6. The SMILES string of the molecule is CCOC(=O)C1=NI=IN1. The number of carbonyl (C=O) groups is 1. The van der Waals surface area contributed by atoms with Gasteiger partial charge in [0.25, 0.3) is 0 Å². The van der Waals surface area contributed by atoms with Crippen LogP contribution >= 0.6 is 33.7 Å². The third-order valence-corrected chi connectivity index (χ3v) is 6.12. The summed E-state index contributed by atoms with van der Waals surface area (Å²) in [6.07, 6.45) is 0. The van der Waals surface area contributed by atoms with E-state index in [4.69, 9.17) is 4.74 Å². The van der Waals surface area contributed by atoms with Crippen LogP contribution in [0.5, 0.6) is 0 Å². The Balaban J connectivity index is 2.43. The summed E-state index contributed by atoms with van der Waals surface area (Å²) in [6.45, 7) is 2.22. The van der Waals surface area contributed by atoms with E-state index < -0.39 is 0 Å². The van der Waals surface area contributed by atoms with Gasteiger partial charge in [0.05, 0.1) is 40.3 Å². The van der Waals surface area contributed by atoms with Gasteiger partial charge in [-0.3, -0.25) is 0 Å². The first-order chi connectivity index (χ1) is 4.84. The first-order valence-electron chi connectivity index (χ1n) is 2.63. The molecule has 6 heteroatoms. The Morgan fingerprint density at radius 1 is 1.90 bits per heavy atom. The minimum Gasteiger partial charge on any atom is -0.460 e. The van der Waals surface area contributed by atoms with Gasteiger partial charge >= 0.3 is 5.97 Å². The van der Waals surface area contributed by atoms with E-state index in [1.54, 1.807) is 6.92 Å². The van der Waals surface area contributed by atoms with Crippen molar-refractivity contribution in [2.75, 3.05) is 6.61 Å². The topological polar surface area (TPSA) is 50.7 Å². The van der Waals surface area contributed by atoms with Gasteiger partial charge < -0.3 is 8.27 Å². The minimum atomic E-state index is -0.292. The molecule has 0 aromatic heterocycles. The number of nitrogens with zero attached hydrogens (tertiary/aromatic N) is 1. The van der Waals surface area contributed by atoms with Crippen LogP contribution in [0.3, 0.4) is 0 Å². The summed E-state index contributed by atoms with van der Waals surface area (Å²) >= 11 is -0.0444. The van der Waals surface area contributed by atoms with Crippen LogP contribution < -0.4 is 3.53 Å². The number of carbonyl (C=O) groups excluding carboxylic acids is 1. The average molecular weight is 368 g/mol. The number of rotatable bonds is 2. The Morgan fingerprint density at radius 3 is 3.20 bits per heavy atom. The highest BCUT2D eigenvalue weighted by Gasteiger charge is 2.12. The predicted molar refractivity (Wildman–Crippen MR) is 55.2 cm³/mol. The number of halogens is 2. The Kier molecular flexibility index (Phi) is 3.66. The highest BCUT2D eigenvalue weighted by molar-refractivity contribution is 14.8. The molecule has 0 saturated heterocycles. The standard InChI is InChI=1S/C4H6I2N2O2/c1-2-10-4(9)3-7-5-6-8-3/h2H2,1H3,(H,7,8). The zero-order valence-electron chi connectivity index (χ0n) is 5.23. The van der Waals surface area contributed by atoms with Gasteiger partial charge in [-0.15, -0.1) is 0 Å². The number of hydrogen-bond acceptors (Lipinski definition) is 4. The molecule has 0 bridgehead atoms. The van der Waals surface area contributed by atoms with Crippen LogP contribution in [-0.2, 0) is 9.53 Å². The van der Waals surface area contributed by atoms with E-state index in [2.05, 4.69) is 6.74 Å². The molecule has 0 saturated carbocycles. The lowest BCUT2D eigenvalue weighted by Crippen LogP contribution is -2.24. The molecule has 0 radical (unpaired) electrons. The molecule has 1 aliphatic rings. The summed E-state index contributed by atoms with van der Waals surface area (Å²) in [5, 5.41) is 0. The molecule has 0 aromatic rings. The maximum absolute atomic E-state index is 10.9. The predicted octanol–water partition coefficient (Wildman–Crippen LogP) is 1.24. The Hall–Kier alpha value is 0.400. The highest BCUT2D eigenvalue weighted by atomic mass is 128. The van der Waals surface area contributed by atoms with Gasteiger partial charge in [-0.25, -0.2) is 4.79 Å². The van der Waals surface area contributed by atoms with Crippen LogP contribution in [0.2, 0.25) is 0 Å². The second kappa shape index (κ2) is 4.31. The molecule has 4 nitrogen and oxygen atoms in total. The van der Waals surface area contributed by atoms with Gasteiger partial charge in [0.1, 0.15) is 0 Å². The molecule has 0 unspecified atom stereocenters. The Morgan fingerprint density at radius 2 is 2.70 bits per heavy atom. The maximum atomic E-state index is 10.9. The van der Waals surface area contributed by atoms with E-state index in [9.17, 15) is 4.79 Å². The molecule has 1 aliphatic heterocycles. The van der Waals surface area contributed by atoms with E-state index in [1.807, 2.05) is 0 Å². The highest BCUT2D eigenvalue weighted by Crippen LogP contribution is 2.20. The molecular weight excluding hydrogens is 362 g/mol. The number of amidine groups is 1. The van der Waals surface area contributed by atoms with Crippen LogP contribution in [0, 0.1) is 0 Å². The zero-order valence-corrected chi connectivity index (χ0v) is 9.54. The van der Waals surface area contributed by atoms with Crippen molar-refractivity contribution in [3.8, 4) is 0 Å². The summed E-state index contributed by atoms with van der Waals surface area (Å²) < 4.78 is 11.7. The van der Waals surface area contributed by atoms with Gasteiger partial charge in [-0.1, -0.05) is 0 Å². The van der Waals surface area contributed by atoms with E-state index in [-0.39, 0.29) is 39.7 Å². The average Bonchev–Trinajstić information content (AvgIpc) is 2.38. The molecule has 1 N–H and O–H groups in total. The largest absolute Gasteiger partial charge is 0.460 e. The lowest BCUT2D eigenvalue weighted by molar-refractivity contribution is -0.135. The summed E-state index contributed by atoms with van der Waals surface area (Å²) in [5.74, 6) is 0.168. The van der Waals surface area contributed by atoms with Crippen molar-refractivity contribution < 1.29 is 9.53 Å². The van der Waals surface area contributed by atoms with Crippen LogP contribution in [0.1, 0.15) is 6.92 Å². The molecule has 1 heterocycles. The van der Waals surface area contributed by atoms with Crippen molar-refractivity contribution in [1.29, 1.82) is 0 Å². The smallest absolute Gasteiger partial charge is 0.375 e. The monoisotopic (exact) mass is 368 g/mol. The van der Waals surface area contributed by atoms with Gasteiger partial charge in [0.2, 0.25) is 5.84 Å². The third-order valence-electron chi connectivity index (χ3n) is 0.742. The zero-order chi connectivity index (χ0) is 7.40. The Bertz CT molecular complexity index is 201. The van der Waals surface area contributed by atoms with Crippen LogP contribution in [0.4, 0.5) is 0 Å². The van der Waals surface area contributed by atoms with Crippen LogP contribution in [-0.4, -0.2) is 18.4 Å². The minimum absolute atomic E-state index is 0.0125. The van der Waals surface area contributed by atoms with Crippen molar-refractivity contribution >= 4 is 45.5 Å². The molecule has 10 heavy (non-hydrogen) atoms. The quantitative estimate of drug-likeness (QED) is 0.454. The fraction of sp³-hybridized carbons (Fsp3) is 0.500. The number of nitrogens with one attached hydrogen (secondary N) is 1. The molecular formula is C4H6I2N2O2. The van der Waals surface area contributed by atoms with E-state index in [1.165, 1.54) is 0 Å². The van der Waals surface area contributed by atoms with E-state index >= 15 is 0 Å². The summed E-state index contributed by atoms with van der Waals surface area (Å²) in [6, 6.07) is 0. The summed E-state index contributed by atoms with van der Waals surface area (Å²) in [7, 11) is 0. The molecule has 0 aromatic carbocycles. The fourth-order valence-corrected chi connectivity index (χ4v) is 5.81. The second-order valence-electron chi connectivity index (χ2n) is 1.38. The normalized spacial score (nSPS) is 15.9. The van der Waals surface area contributed by atoms with Crippen molar-refractivity contribution in [3.05, 3.63) is 0 Å². The maximum Gasteiger partial charge on any atom is 0.375 e. The molecule has 0 fully saturated rings. The lowest BCUT2D eigenvalue weighted by Gasteiger charge is -1.98. The van der Waals surface area contributed by atoms with Crippen molar-refractivity contribution in [1.82, 2.24) is 3.53 Å². The number of hydrogen-bond donors (Lipinski definition) is 1. The molecule has 0 aliphatic carbocycles. The van der Waals surface area contributed by atoms with E-state index in [0.29, 0.717) is 12.4 Å².